The Morgan fingerprint density at radius 1 is 1.29 bits per heavy atom. The third kappa shape index (κ3) is 2.45. The number of rotatable bonds is 4. The van der Waals surface area contributed by atoms with Crippen molar-refractivity contribution < 1.29 is 0 Å². The maximum Gasteiger partial charge on any atom is 0.229 e. The molecule has 0 bridgehead atoms. The number of hydrogen-bond donors (Lipinski definition) is 2. The second kappa shape index (κ2) is 5.33. The number of benzene rings is 1. The lowest BCUT2D eigenvalue weighted by Crippen LogP contribution is -2.14. The van der Waals surface area contributed by atoms with Gasteiger partial charge < -0.3 is 10.7 Å². The molecular formula is C16H21N5. The first-order valence-corrected chi connectivity index (χ1v) is 7.30. The van der Waals surface area contributed by atoms with Crippen LogP contribution >= 0.6 is 0 Å². The number of hydrogen-bond acceptors (Lipinski definition) is 3. The summed E-state index contributed by atoms with van der Waals surface area (Å²) < 4.78 is 1.90. The fourth-order valence-electron chi connectivity index (χ4n) is 2.65. The number of para-hydroxylation sites is 2. The highest BCUT2D eigenvalue weighted by atomic mass is 15.4. The Labute approximate surface area is 124 Å². The molecule has 0 fully saturated rings. The van der Waals surface area contributed by atoms with E-state index in [0.29, 0.717) is 12.5 Å². The van der Waals surface area contributed by atoms with Gasteiger partial charge in [0.1, 0.15) is 0 Å². The first-order chi connectivity index (χ1) is 10.1. The van der Waals surface area contributed by atoms with Gasteiger partial charge in [0.05, 0.1) is 16.7 Å². The fourth-order valence-corrected chi connectivity index (χ4v) is 2.65. The lowest BCUT2D eigenvalue weighted by atomic mass is 10.00. The summed E-state index contributed by atoms with van der Waals surface area (Å²) in [4.78, 5) is 7.94. The Kier molecular flexibility index (Phi) is 3.51. The van der Waals surface area contributed by atoms with E-state index in [0.717, 1.165) is 34.8 Å². The minimum atomic E-state index is 0.454. The molecule has 3 aromatic rings. The normalized spacial score (nSPS) is 13.0. The molecule has 1 unspecified atom stereocenters. The molecule has 0 radical (unpaired) electrons. The molecule has 1 atom stereocenters. The van der Waals surface area contributed by atoms with Crippen LogP contribution in [0.25, 0.3) is 17.0 Å². The van der Waals surface area contributed by atoms with Gasteiger partial charge in [-0.15, -0.1) is 0 Å². The number of H-pyrrole nitrogens is 1. The molecule has 3 N–H and O–H groups in total. The van der Waals surface area contributed by atoms with E-state index in [-0.39, 0.29) is 0 Å². The van der Waals surface area contributed by atoms with Crippen LogP contribution in [0.3, 0.4) is 0 Å². The van der Waals surface area contributed by atoms with Gasteiger partial charge in [-0.2, -0.15) is 5.10 Å². The quantitative estimate of drug-likeness (QED) is 0.772. The highest BCUT2D eigenvalue weighted by molar-refractivity contribution is 5.75. The molecule has 0 aliphatic rings. The van der Waals surface area contributed by atoms with Crippen molar-refractivity contribution in [1.29, 1.82) is 0 Å². The molecule has 1 aromatic carbocycles. The van der Waals surface area contributed by atoms with E-state index in [4.69, 9.17) is 5.73 Å². The van der Waals surface area contributed by atoms with Gasteiger partial charge in [-0.25, -0.2) is 9.67 Å². The van der Waals surface area contributed by atoms with Gasteiger partial charge in [-0.3, -0.25) is 0 Å². The highest BCUT2D eigenvalue weighted by Crippen LogP contribution is 2.21. The summed E-state index contributed by atoms with van der Waals surface area (Å²) in [5.74, 6) is 1.22. The first kappa shape index (κ1) is 13.8. The van der Waals surface area contributed by atoms with Crippen molar-refractivity contribution in [3.05, 3.63) is 41.2 Å². The van der Waals surface area contributed by atoms with Crippen LogP contribution < -0.4 is 5.73 Å². The fraction of sp³-hybridized carbons (Fsp3) is 0.375. The van der Waals surface area contributed by atoms with Crippen LogP contribution in [0.4, 0.5) is 0 Å². The van der Waals surface area contributed by atoms with Gasteiger partial charge in [0, 0.05) is 5.69 Å². The van der Waals surface area contributed by atoms with Gasteiger partial charge in [-0.05, 0) is 50.4 Å². The summed E-state index contributed by atoms with van der Waals surface area (Å²) in [6, 6.07) is 8.01. The van der Waals surface area contributed by atoms with Gasteiger partial charge >= 0.3 is 0 Å². The molecule has 0 saturated carbocycles. The summed E-state index contributed by atoms with van der Waals surface area (Å²) in [5.41, 5.74) is 11.2. The molecule has 0 amide bonds. The zero-order valence-electron chi connectivity index (χ0n) is 12.7. The molecule has 0 spiro atoms. The van der Waals surface area contributed by atoms with Crippen LogP contribution in [0.15, 0.2) is 24.3 Å². The molecular weight excluding hydrogens is 262 g/mol. The molecule has 0 aliphatic carbocycles. The molecule has 5 heteroatoms. The minimum absolute atomic E-state index is 0.454. The monoisotopic (exact) mass is 283 g/mol. The van der Waals surface area contributed by atoms with E-state index in [1.165, 1.54) is 5.56 Å². The number of aromatic amines is 1. The Morgan fingerprint density at radius 2 is 2.05 bits per heavy atom. The van der Waals surface area contributed by atoms with E-state index < -0.39 is 0 Å². The minimum Gasteiger partial charge on any atom is -0.330 e. The molecule has 0 aliphatic heterocycles. The summed E-state index contributed by atoms with van der Waals surface area (Å²) >= 11 is 0. The Bertz CT molecular complexity index is 735. The number of fused-ring (bicyclic) bond motifs is 1. The SMILES string of the molecule is Cc1nn(-c2nc3ccccc3[nH]2)c(C)c1CC(C)CN. The largest absolute Gasteiger partial charge is 0.330 e. The maximum atomic E-state index is 5.74. The van der Waals surface area contributed by atoms with Crippen LogP contribution in [0.1, 0.15) is 23.9 Å². The second-order valence-corrected chi connectivity index (χ2v) is 5.68. The molecule has 3 rings (SSSR count). The zero-order chi connectivity index (χ0) is 15.0. The zero-order valence-corrected chi connectivity index (χ0v) is 12.7. The molecule has 5 nitrogen and oxygen atoms in total. The van der Waals surface area contributed by atoms with Crippen LogP contribution in [-0.4, -0.2) is 26.3 Å². The van der Waals surface area contributed by atoms with Crippen molar-refractivity contribution in [1.82, 2.24) is 19.7 Å². The summed E-state index contributed by atoms with van der Waals surface area (Å²) in [6.07, 6.45) is 0.953. The van der Waals surface area contributed by atoms with Crippen molar-refractivity contribution in [2.75, 3.05) is 6.54 Å². The van der Waals surface area contributed by atoms with Gasteiger partial charge in [0.2, 0.25) is 5.95 Å². The summed E-state index contributed by atoms with van der Waals surface area (Å²) in [7, 11) is 0. The number of nitrogens with one attached hydrogen (secondary N) is 1. The molecule has 2 aromatic heterocycles. The first-order valence-electron chi connectivity index (χ1n) is 7.30. The Balaban J connectivity index is 2.04. The van der Waals surface area contributed by atoms with E-state index in [9.17, 15) is 0 Å². The van der Waals surface area contributed by atoms with Crippen LogP contribution in [0, 0.1) is 19.8 Å². The summed E-state index contributed by atoms with van der Waals surface area (Å²) in [5, 5.41) is 4.65. The van der Waals surface area contributed by atoms with Gasteiger partial charge in [0.15, 0.2) is 0 Å². The average molecular weight is 283 g/mol. The predicted molar refractivity (Wildman–Crippen MR) is 84.6 cm³/mol. The lowest BCUT2D eigenvalue weighted by Gasteiger charge is -2.08. The molecule has 0 saturated heterocycles. The van der Waals surface area contributed by atoms with Crippen LogP contribution in [-0.2, 0) is 6.42 Å². The standard InChI is InChI=1S/C16H21N5/c1-10(9-17)8-13-11(2)20-21(12(13)3)16-18-14-6-4-5-7-15(14)19-16/h4-7,10H,8-9,17H2,1-3H3,(H,18,19). The van der Waals surface area contributed by atoms with Crippen molar-refractivity contribution in [3.63, 3.8) is 0 Å². The molecule has 2 heterocycles. The van der Waals surface area contributed by atoms with Gasteiger partial charge in [0.25, 0.3) is 0 Å². The number of nitrogens with zero attached hydrogens (tertiary/aromatic N) is 3. The van der Waals surface area contributed by atoms with E-state index in [1.54, 1.807) is 0 Å². The van der Waals surface area contributed by atoms with E-state index in [1.807, 2.05) is 35.9 Å². The van der Waals surface area contributed by atoms with E-state index >= 15 is 0 Å². The maximum absolute atomic E-state index is 5.74. The topological polar surface area (TPSA) is 72.5 Å². The van der Waals surface area contributed by atoms with Crippen molar-refractivity contribution in [2.45, 2.75) is 27.2 Å². The number of nitrogens with two attached hydrogens (primary N) is 1. The van der Waals surface area contributed by atoms with E-state index in [2.05, 4.69) is 28.9 Å². The van der Waals surface area contributed by atoms with Gasteiger partial charge in [-0.1, -0.05) is 19.1 Å². The Hall–Kier alpha value is -2.14. The van der Waals surface area contributed by atoms with Crippen molar-refractivity contribution in [2.24, 2.45) is 11.7 Å². The van der Waals surface area contributed by atoms with Crippen molar-refractivity contribution >= 4 is 11.0 Å². The summed E-state index contributed by atoms with van der Waals surface area (Å²) in [6.45, 7) is 6.99. The number of imidazole rings is 1. The predicted octanol–water partition coefficient (Wildman–Crippen LogP) is 2.50. The van der Waals surface area contributed by atoms with Crippen LogP contribution in [0.5, 0.6) is 0 Å². The third-order valence-electron chi connectivity index (χ3n) is 3.97. The number of aryl methyl sites for hydroxylation is 1. The highest BCUT2D eigenvalue weighted by Gasteiger charge is 2.16. The third-order valence-corrected chi connectivity index (χ3v) is 3.97. The second-order valence-electron chi connectivity index (χ2n) is 5.68. The number of aromatic nitrogens is 4. The molecule has 21 heavy (non-hydrogen) atoms. The molecule has 110 valence electrons. The average Bonchev–Trinajstić information content (AvgIpc) is 3.02. The Morgan fingerprint density at radius 3 is 2.76 bits per heavy atom. The smallest absolute Gasteiger partial charge is 0.229 e. The lowest BCUT2D eigenvalue weighted by molar-refractivity contribution is 0.589. The van der Waals surface area contributed by atoms with Crippen molar-refractivity contribution in [3.8, 4) is 5.95 Å². The van der Waals surface area contributed by atoms with Crippen LogP contribution in [0.2, 0.25) is 0 Å².